The molecule has 0 aliphatic heterocycles. The number of nitrogens with zero attached hydrogens (tertiary/aromatic N) is 2. The van der Waals surface area contributed by atoms with Crippen molar-refractivity contribution in [3.05, 3.63) is 83.7 Å². The fourth-order valence-corrected chi connectivity index (χ4v) is 2.41. The maximum atomic E-state index is 13.8. The van der Waals surface area contributed by atoms with Crippen LogP contribution >= 0.6 is 0 Å². The Labute approximate surface area is 133 Å². The molecule has 118 valence electrons. The van der Waals surface area contributed by atoms with Crippen molar-refractivity contribution in [3.63, 3.8) is 0 Å². The van der Waals surface area contributed by atoms with Crippen LogP contribution in [0.15, 0.2) is 60.9 Å². The summed E-state index contributed by atoms with van der Waals surface area (Å²) in [5.74, 6) is -1.10. The van der Waals surface area contributed by atoms with Gasteiger partial charge in [-0.1, -0.05) is 24.3 Å². The highest BCUT2D eigenvalue weighted by Crippen LogP contribution is 2.18. The Morgan fingerprint density at radius 1 is 1.13 bits per heavy atom. The molecule has 0 fully saturated rings. The summed E-state index contributed by atoms with van der Waals surface area (Å²) in [6.45, 7) is 2.39. The normalized spacial score (nSPS) is 12.3. The van der Waals surface area contributed by atoms with E-state index in [1.165, 1.54) is 12.1 Å². The van der Waals surface area contributed by atoms with Gasteiger partial charge in [-0.3, -0.25) is 0 Å². The second kappa shape index (κ2) is 6.71. The van der Waals surface area contributed by atoms with Gasteiger partial charge in [0, 0.05) is 36.0 Å². The standard InChI is InChI=1S/C18H17F2N3/c1-13(17-8-7-15(19)9-18(17)20)21-10-14-11-22-23(12-14)16-5-3-2-4-6-16/h2-9,11-13,21H,10H2,1H3/t13-/m0/s1. The SMILES string of the molecule is C[C@H](NCc1cnn(-c2ccccc2)c1)c1ccc(F)cc1F. The van der Waals surface area contributed by atoms with Crippen molar-refractivity contribution in [2.75, 3.05) is 0 Å². The molecule has 3 nitrogen and oxygen atoms in total. The van der Waals surface area contributed by atoms with E-state index in [9.17, 15) is 8.78 Å². The summed E-state index contributed by atoms with van der Waals surface area (Å²) in [5, 5.41) is 7.54. The Morgan fingerprint density at radius 3 is 2.65 bits per heavy atom. The van der Waals surface area contributed by atoms with Crippen LogP contribution in [0.3, 0.4) is 0 Å². The molecule has 3 rings (SSSR count). The van der Waals surface area contributed by atoms with Gasteiger partial charge >= 0.3 is 0 Å². The number of hydrogen-bond donors (Lipinski definition) is 1. The highest BCUT2D eigenvalue weighted by atomic mass is 19.1. The highest BCUT2D eigenvalue weighted by Gasteiger charge is 2.11. The predicted molar refractivity (Wildman–Crippen MR) is 85.2 cm³/mol. The molecule has 1 heterocycles. The fraction of sp³-hybridized carbons (Fsp3) is 0.167. The molecule has 0 amide bonds. The molecule has 2 aromatic carbocycles. The number of para-hydroxylation sites is 1. The minimum absolute atomic E-state index is 0.226. The highest BCUT2D eigenvalue weighted by molar-refractivity contribution is 5.31. The number of halogens is 2. The van der Waals surface area contributed by atoms with Gasteiger partial charge in [0.1, 0.15) is 11.6 Å². The van der Waals surface area contributed by atoms with E-state index in [0.717, 1.165) is 17.3 Å². The Morgan fingerprint density at radius 2 is 1.91 bits per heavy atom. The molecule has 0 unspecified atom stereocenters. The summed E-state index contributed by atoms with van der Waals surface area (Å²) < 4.78 is 28.5. The van der Waals surface area contributed by atoms with Crippen molar-refractivity contribution >= 4 is 0 Å². The molecule has 1 aromatic heterocycles. The topological polar surface area (TPSA) is 29.9 Å². The van der Waals surface area contributed by atoms with Gasteiger partial charge in [-0.05, 0) is 25.1 Å². The predicted octanol–water partition coefficient (Wildman–Crippen LogP) is 4.00. The first kappa shape index (κ1) is 15.4. The van der Waals surface area contributed by atoms with Gasteiger partial charge < -0.3 is 5.32 Å². The first-order valence-electron chi connectivity index (χ1n) is 7.41. The molecule has 0 saturated carbocycles. The van der Waals surface area contributed by atoms with E-state index >= 15 is 0 Å². The summed E-state index contributed by atoms with van der Waals surface area (Å²) >= 11 is 0. The van der Waals surface area contributed by atoms with E-state index in [-0.39, 0.29) is 6.04 Å². The van der Waals surface area contributed by atoms with Crippen molar-refractivity contribution in [1.82, 2.24) is 15.1 Å². The van der Waals surface area contributed by atoms with Crippen molar-refractivity contribution < 1.29 is 8.78 Å². The Kier molecular flexibility index (Phi) is 4.48. The van der Waals surface area contributed by atoms with Crippen LogP contribution < -0.4 is 5.32 Å². The van der Waals surface area contributed by atoms with Crippen molar-refractivity contribution in [1.29, 1.82) is 0 Å². The number of rotatable bonds is 5. The molecule has 0 aliphatic carbocycles. The lowest BCUT2D eigenvalue weighted by atomic mass is 10.1. The number of hydrogen-bond acceptors (Lipinski definition) is 2. The first-order valence-corrected chi connectivity index (χ1v) is 7.41. The minimum Gasteiger partial charge on any atom is -0.306 e. The van der Waals surface area contributed by atoms with E-state index in [0.29, 0.717) is 12.1 Å². The number of aromatic nitrogens is 2. The average Bonchev–Trinajstić information content (AvgIpc) is 3.02. The van der Waals surface area contributed by atoms with Crippen LogP contribution in [0.25, 0.3) is 5.69 Å². The lowest BCUT2D eigenvalue weighted by Crippen LogP contribution is -2.19. The average molecular weight is 313 g/mol. The van der Waals surface area contributed by atoms with Crippen LogP contribution in [-0.4, -0.2) is 9.78 Å². The molecule has 0 spiro atoms. The van der Waals surface area contributed by atoms with Crippen molar-refractivity contribution in [2.24, 2.45) is 0 Å². The summed E-state index contributed by atoms with van der Waals surface area (Å²) in [5.41, 5.74) is 2.42. The van der Waals surface area contributed by atoms with Gasteiger partial charge in [0.25, 0.3) is 0 Å². The van der Waals surface area contributed by atoms with Gasteiger partial charge in [-0.15, -0.1) is 0 Å². The first-order chi connectivity index (χ1) is 11.1. The van der Waals surface area contributed by atoms with E-state index in [1.54, 1.807) is 10.9 Å². The zero-order valence-electron chi connectivity index (χ0n) is 12.7. The quantitative estimate of drug-likeness (QED) is 0.771. The lowest BCUT2D eigenvalue weighted by molar-refractivity contribution is 0.518. The van der Waals surface area contributed by atoms with Crippen LogP contribution in [-0.2, 0) is 6.54 Å². The second-order valence-electron chi connectivity index (χ2n) is 5.40. The third-order valence-electron chi connectivity index (χ3n) is 3.70. The van der Waals surface area contributed by atoms with Crippen LogP contribution in [0.2, 0.25) is 0 Å². The van der Waals surface area contributed by atoms with E-state index < -0.39 is 11.6 Å². The van der Waals surface area contributed by atoms with Crippen LogP contribution in [0, 0.1) is 11.6 Å². The molecule has 0 aliphatic rings. The molecule has 1 atom stereocenters. The molecule has 23 heavy (non-hydrogen) atoms. The summed E-state index contributed by atoms with van der Waals surface area (Å²) in [7, 11) is 0. The molecular formula is C18H17F2N3. The summed E-state index contributed by atoms with van der Waals surface area (Å²) in [4.78, 5) is 0. The third-order valence-corrected chi connectivity index (χ3v) is 3.70. The molecule has 3 aromatic rings. The fourth-order valence-electron chi connectivity index (χ4n) is 2.41. The maximum Gasteiger partial charge on any atom is 0.130 e. The minimum atomic E-state index is -0.567. The molecule has 0 bridgehead atoms. The van der Waals surface area contributed by atoms with Gasteiger partial charge in [0.2, 0.25) is 0 Å². The van der Waals surface area contributed by atoms with Gasteiger partial charge in [-0.2, -0.15) is 5.10 Å². The van der Waals surface area contributed by atoms with Crippen molar-refractivity contribution in [3.8, 4) is 5.69 Å². The zero-order chi connectivity index (χ0) is 16.2. The van der Waals surface area contributed by atoms with E-state index in [2.05, 4.69) is 10.4 Å². The van der Waals surface area contributed by atoms with E-state index in [4.69, 9.17) is 0 Å². The molecular weight excluding hydrogens is 296 g/mol. The van der Waals surface area contributed by atoms with Gasteiger partial charge in [0.15, 0.2) is 0 Å². The summed E-state index contributed by atoms with van der Waals surface area (Å²) in [6, 6.07) is 13.2. The monoisotopic (exact) mass is 313 g/mol. The van der Waals surface area contributed by atoms with Gasteiger partial charge in [0.05, 0.1) is 11.9 Å². The second-order valence-corrected chi connectivity index (χ2v) is 5.40. The smallest absolute Gasteiger partial charge is 0.130 e. The molecule has 5 heteroatoms. The lowest BCUT2D eigenvalue weighted by Gasteiger charge is -2.14. The largest absolute Gasteiger partial charge is 0.306 e. The van der Waals surface area contributed by atoms with Crippen LogP contribution in [0.1, 0.15) is 24.1 Å². The molecule has 0 radical (unpaired) electrons. The maximum absolute atomic E-state index is 13.8. The Bertz CT molecular complexity index is 784. The zero-order valence-corrected chi connectivity index (χ0v) is 12.7. The van der Waals surface area contributed by atoms with E-state index in [1.807, 2.05) is 43.5 Å². The third kappa shape index (κ3) is 3.63. The Hall–Kier alpha value is -2.53. The molecule has 0 saturated heterocycles. The van der Waals surface area contributed by atoms with Crippen LogP contribution in [0.5, 0.6) is 0 Å². The Balaban J connectivity index is 1.65. The summed E-state index contributed by atoms with van der Waals surface area (Å²) in [6.07, 6.45) is 3.70. The number of benzene rings is 2. The molecule has 1 N–H and O–H groups in total. The van der Waals surface area contributed by atoms with Gasteiger partial charge in [-0.25, -0.2) is 13.5 Å². The van der Waals surface area contributed by atoms with Crippen molar-refractivity contribution in [2.45, 2.75) is 19.5 Å². The number of nitrogens with one attached hydrogen (secondary N) is 1. The van der Waals surface area contributed by atoms with Crippen LogP contribution in [0.4, 0.5) is 8.78 Å².